The summed E-state index contributed by atoms with van der Waals surface area (Å²) in [5, 5.41) is 0. The van der Waals surface area contributed by atoms with E-state index in [2.05, 4.69) is 0 Å². The number of halogens is 4. The number of alkyl halides is 2. The highest BCUT2D eigenvalue weighted by Gasteiger charge is 2.15. The van der Waals surface area contributed by atoms with Crippen LogP contribution >= 0.6 is 46.4 Å². The van der Waals surface area contributed by atoms with Crippen molar-refractivity contribution in [2.45, 2.75) is 11.3 Å². The third-order valence-electron chi connectivity index (χ3n) is 0.690. The second-order valence-corrected chi connectivity index (χ2v) is 4.06. The van der Waals surface area contributed by atoms with Crippen molar-refractivity contribution in [3.63, 3.8) is 0 Å². The molecule has 0 amide bonds. The van der Waals surface area contributed by atoms with Crippen LogP contribution in [-0.4, -0.2) is 4.33 Å². The summed E-state index contributed by atoms with van der Waals surface area (Å²) in [7, 11) is 0. The Labute approximate surface area is 80.4 Å². The molecule has 0 aromatic heterocycles. The first-order valence-electron chi connectivity index (χ1n) is 2.53. The molecule has 0 nitrogen and oxygen atoms in total. The molecule has 0 aromatic carbocycles. The Kier molecular flexibility index (Phi) is 4.79. The minimum absolute atomic E-state index is 0.0584. The third kappa shape index (κ3) is 5.43. The van der Waals surface area contributed by atoms with E-state index in [0.29, 0.717) is 0 Å². The minimum atomic E-state index is -1.09. The molecule has 0 N–H and O–H groups in total. The Hall–Kier alpha value is 0.640. The summed E-state index contributed by atoms with van der Waals surface area (Å²) in [5.74, 6) is 0. The van der Waals surface area contributed by atoms with Crippen LogP contribution in [0, 0.1) is 0 Å². The maximum Gasteiger partial charge on any atom is 0.157 e. The lowest BCUT2D eigenvalue weighted by Gasteiger charge is -2.07. The van der Waals surface area contributed by atoms with E-state index in [9.17, 15) is 0 Å². The van der Waals surface area contributed by atoms with Gasteiger partial charge in [-0.25, -0.2) is 0 Å². The Bertz CT molecular complexity index is 153. The fraction of sp³-hybridized carbons (Fsp3) is 0.333. The molecule has 0 spiro atoms. The van der Waals surface area contributed by atoms with E-state index < -0.39 is 4.33 Å². The first-order chi connectivity index (χ1) is 4.48. The summed E-state index contributed by atoms with van der Waals surface area (Å²) in [6, 6.07) is 0. The zero-order valence-electron chi connectivity index (χ0n) is 5.24. The zero-order valence-corrected chi connectivity index (χ0v) is 8.27. The van der Waals surface area contributed by atoms with Gasteiger partial charge in [0.15, 0.2) is 4.33 Å². The Morgan fingerprint density at radius 3 is 2.10 bits per heavy atom. The van der Waals surface area contributed by atoms with Crippen LogP contribution in [0.2, 0.25) is 0 Å². The minimum Gasteiger partial charge on any atom is -0.0922 e. The average molecular weight is 220 g/mol. The van der Waals surface area contributed by atoms with Crippen LogP contribution in [0.15, 0.2) is 22.7 Å². The van der Waals surface area contributed by atoms with Crippen LogP contribution in [-0.2, 0) is 0 Å². The molecule has 0 atom stereocenters. The summed E-state index contributed by atoms with van der Waals surface area (Å²) in [6.07, 6.45) is 4.62. The van der Waals surface area contributed by atoms with Crippen LogP contribution in [0.1, 0.15) is 6.92 Å². The van der Waals surface area contributed by atoms with Gasteiger partial charge < -0.3 is 0 Å². The van der Waals surface area contributed by atoms with E-state index in [-0.39, 0.29) is 4.49 Å². The molecular formula is C6H6Cl4. The molecule has 0 saturated carbocycles. The van der Waals surface area contributed by atoms with Crippen molar-refractivity contribution in [2.24, 2.45) is 0 Å². The van der Waals surface area contributed by atoms with Gasteiger partial charge in [-0.2, -0.15) is 0 Å². The monoisotopic (exact) mass is 218 g/mol. The first kappa shape index (κ1) is 10.6. The molecule has 0 unspecified atom stereocenters. The molecule has 0 heterocycles. The van der Waals surface area contributed by atoms with Gasteiger partial charge in [0.25, 0.3) is 0 Å². The van der Waals surface area contributed by atoms with Crippen molar-refractivity contribution in [3.8, 4) is 0 Å². The van der Waals surface area contributed by atoms with E-state index >= 15 is 0 Å². The molecule has 0 aliphatic heterocycles. The molecule has 0 aliphatic carbocycles. The first-order valence-corrected chi connectivity index (χ1v) is 4.04. The molecule has 0 bridgehead atoms. The van der Waals surface area contributed by atoms with E-state index in [0.717, 1.165) is 0 Å². The summed E-state index contributed by atoms with van der Waals surface area (Å²) in [5.41, 5.74) is 0. The predicted octanol–water partition coefficient (Wildman–Crippen LogP) is 4.06. The fourth-order valence-corrected chi connectivity index (χ4v) is 1.45. The number of hydrogen-bond acceptors (Lipinski definition) is 0. The molecule has 0 saturated heterocycles. The predicted molar refractivity (Wildman–Crippen MR) is 49.0 cm³/mol. The molecule has 0 radical (unpaired) electrons. The lowest BCUT2D eigenvalue weighted by atomic mass is 10.3. The molecule has 0 aromatic rings. The number of rotatable bonds is 2. The lowest BCUT2D eigenvalue weighted by Crippen LogP contribution is -2.02. The maximum absolute atomic E-state index is 5.66. The summed E-state index contributed by atoms with van der Waals surface area (Å²) in [6.45, 7) is 1.80. The van der Waals surface area contributed by atoms with E-state index in [1.807, 2.05) is 0 Å². The van der Waals surface area contributed by atoms with E-state index in [1.54, 1.807) is 19.1 Å². The van der Waals surface area contributed by atoms with Crippen molar-refractivity contribution in [1.29, 1.82) is 0 Å². The number of allylic oxidation sites excluding steroid dienone is 3. The summed E-state index contributed by atoms with van der Waals surface area (Å²) < 4.78 is -1.03. The van der Waals surface area contributed by atoms with Crippen molar-refractivity contribution in [3.05, 3.63) is 22.7 Å². The Balaban J connectivity index is 4.26. The van der Waals surface area contributed by atoms with Gasteiger partial charge in [-0.3, -0.25) is 0 Å². The van der Waals surface area contributed by atoms with Gasteiger partial charge in [-0.15, -0.1) is 0 Å². The quantitative estimate of drug-likeness (QED) is 0.486. The van der Waals surface area contributed by atoms with Gasteiger partial charge in [0.1, 0.15) is 4.49 Å². The Morgan fingerprint density at radius 1 is 1.30 bits per heavy atom. The highest BCUT2D eigenvalue weighted by atomic mass is 35.5. The van der Waals surface area contributed by atoms with Crippen molar-refractivity contribution in [2.75, 3.05) is 0 Å². The van der Waals surface area contributed by atoms with E-state index in [4.69, 9.17) is 46.4 Å². The highest BCUT2D eigenvalue weighted by molar-refractivity contribution is 6.58. The molecule has 0 rings (SSSR count). The lowest BCUT2D eigenvalue weighted by molar-refractivity contribution is 1.26. The fourth-order valence-electron chi connectivity index (χ4n) is 0.416. The van der Waals surface area contributed by atoms with Gasteiger partial charge in [-0.05, 0) is 19.1 Å². The molecule has 0 aliphatic rings. The molecule has 4 heteroatoms. The van der Waals surface area contributed by atoms with Crippen molar-refractivity contribution >= 4 is 46.4 Å². The van der Waals surface area contributed by atoms with E-state index in [1.165, 1.54) is 6.08 Å². The largest absolute Gasteiger partial charge is 0.157 e. The normalized spacial score (nSPS) is 12.1. The second kappa shape index (κ2) is 4.50. The SMILES string of the molecule is CC=CC(Cl)(Cl)C=C(Cl)Cl. The van der Waals surface area contributed by atoms with Crippen LogP contribution in [0.3, 0.4) is 0 Å². The molecule has 0 fully saturated rings. The average Bonchev–Trinajstić information content (AvgIpc) is 1.59. The highest BCUT2D eigenvalue weighted by Crippen LogP contribution is 2.27. The molecule has 10 heavy (non-hydrogen) atoms. The third-order valence-corrected chi connectivity index (χ3v) is 1.38. The topological polar surface area (TPSA) is 0 Å². The zero-order chi connectivity index (χ0) is 8.20. The standard InChI is InChI=1S/C6H6Cl4/c1-2-3-6(9,10)4-5(7)8/h2-4H,1H3. The van der Waals surface area contributed by atoms with Crippen LogP contribution < -0.4 is 0 Å². The van der Waals surface area contributed by atoms with Gasteiger partial charge in [-0.1, -0.05) is 52.5 Å². The van der Waals surface area contributed by atoms with Crippen LogP contribution in [0.25, 0.3) is 0 Å². The van der Waals surface area contributed by atoms with Gasteiger partial charge >= 0.3 is 0 Å². The van der Waals surface area contributed by atoms with Gasteiger partial charge in [0.05, 0.1) is 0 Å². The number of hydrogen-bond donors (Lipinski definition) is 0. The van der Waals surface area contributed by atoms with Crippen LogP contribution in [0.5, 0.6) is 0 Å². The maximum atomic E-state index is 5.66. The van der Waals surface area contributed by atoms with Gasteiger partial charge in [0, 0.05) is 0 Å². The van der Waals surface area contributed by atoms with Crippen LogP contribution in [0.4, 0.5) is 0 Å². The summed E-state index contributed by atoms with van der Waals surface area (Å²) >= 11 is 22.0. The van der Waals surface area contributed by atoms with Crippen molar-refractivity contribution in [1.82, 2.24) is 0 Å². The Morgan fingerprint density at radius 2 is 1.80 bits per heavy atom. The molecular weight excluding hydrogens is 214 g/mol. The van der Waals surface area contributed by atoms with Crippen molar-refractivity contribution < 1.29 is 0 Å². The van der Waals surface area contributed by atoms with Gasteiger partial charge in [0.2, 0.25) is 0 Å². The smallest absolute Gasteiger partial charge is 0.0922 e. The molecule has 58 valence electrons. The summed E-state index contributed by atoms with van der Waals surface area (Å²) in [4.78, 5) is 0. The second-order valence-electron chi connectivity index (χ2n) is 1.61.